The minimum absolute atomic E-state index is 0. The molecule has 0 bridgehead atoms. The zero-order chi connectivity index (χ0) is 15.5. The second-order valence-corrected chi connectivity index (χ2v) is 5.28. The molecule has 2 aromatic heterocycles. The van der Waals surface area contributed by atoms with Crippen LogP contribution in [0.15, 0.2) is 33.5 Å². The van der Waals surface area contributed by atoms with Crippen molar-refractivity contribution in [3.63, 3.8) is 0 Å². The number of para-hydroxylation sites is 1. The molecule has 0 spiro atoms. The highest BCUT2D eigenvalue weighted by atomic mass is 35.5. The summed E-state index contributed by atoms with van der Waals surface area (Å²) >= 11 is 0. The van der Waals surface area contributed by atoms with Crippen LogP contribution in [0.5, 0.6) is 0 Å². The van der Waals surface area contributed by atoms with E-state index in [-0.39, 0.29) is 12.4 Å². The SMILES string of the molecule is CCN(CC)CCCn1nnc2c(=O)oc3ccccc3c21.Cl. The highest BCUT2D eigenvalue weighted by Gasteiger charge is 2.14. The van der Waals surface area contributed by atoms with Gasteiger partial charge in [0.05, 0.1) is 0 Å². The Morgan fingerprint density at radius 2 is 1.96 bits per heavy atom. The Balaban J connectivity index is 0.00000192. The summed E-state index contributed by atoms with van der Waals surface area (Å²) in [5.74, 6) is 0. The standard InChI is InChI=1S/C16H20N4O2.ClH/c1-3-19(4-2)10-7-11-20-15-12-8-5-6-9-13(12)22-16(21)14(15)17-18-20;/h5-6,8-9H,3-4,7,10-11H2,1-2H3;1H. The van der Waals surface area contributed by atoms with Crippen LogP contribution in [-0.4, -0.2) is 39.5 Å². The van der Waals surface area contributed by atoms with Crippen LogP contribution in [-0.2, 0) is 6.54 Å². The molecular formula is C16H21ClN4O2. The number of rotatable bonds is 6. The number of aromatic nitrogens is 3. The molecule has 2 heterocycles. The molecule has 0 saturated heterocycles. The van der Waals surface area contributed by atoms with E-state index in [0.717, 1.165) is 43.5 Å². The lowest BCUT2D eigenvalue weighted by molar-refractivity contribution is 0.291. The third kappa shape index (κ3) is 3.38. The van der Waals surface area contributed by atoms with E-state index in [9.17, 15) is 4.79 Å². The molecule has 0 aliphatic heterocycles. The van der Waals surface area contributed by atoms with Crippen molar-refractivity contribution in [3.05, 3.63) is 34.7 Å². The molecule has 6 nitrogen and oxygen atoms in total. The topological polar surface area (TPSA) is 64.2 Å². The zero-order valence-corrected chi connectivity index (χ0v) is 14.2. The number of hydrogen-bond acceptors (Lipinski definition) is 5. The zero-order valence-electron chi connectivity index (χ0n) is 13.4. The number of fused-ring (bicyclic) bond motifs is 3. The molecule has 0 atom stereocenters. The van der Waals surface area contributed by atoms with E-state index in [2.05, 4.69) is 29.1 Å². The molecule has 0 aliphatic rings. The normalized spacial score (nSPS) is 11.3. The molecule has 0 amide bonds. The van der Waals surface area contributed by atoms with Gasteiger partial charge in [-0.3, -0.25) is 0 Å². The van der Waals surface area contributed by atoms with Crippen molar-refractivity contribution in [1.82, 2.24) is 19.9 Å². The maximum absolute atomic E-state index is 12.0. The molecule has 3 rings (SSSR count). The van der Waals surface area contributed by atoms with Crippen LogP contribution in [0.3, 0.4) is 0 Å². The Hall–Kier alpha value is -1.92. The van der Waals surface area contributed by atoms with Crippen LogP contribution in [0.4, 0.5) is 0 Å². The van der Waals surface area contributed by atoms with Crippen molar-refractivity contribution >= 4 is 34.4 Å². The van der Waals surface area contributed by atoms with Gasteiger partial charge in [-0.15, -0.1) is 17.5 Å². The van der Waals surface area contributed by atoms with Gasteiger partial charge < -0.3 is 9.32 Å². The summed E-state index contributed by atoms with van der Waals surface area (Å²) in [4.78, 5) is 14.4. The largest absolute Gasteiger partial charge is 0.421 e. The predicted molar refractivity (Wildman–Crippen MR) is 93.2 cm³/mol. The van der Waals surface area contributed by atoms with Crippen molar-refractivity contribution in [2.24, 2.45) is 0 Å². The van der Waals surface area contributed by atoms with Crippen LogP contribution in [0.2, 0.25) is 0 Å². The second kappa shape index (κ2) is 7.57. The lowest BCUT2D eigenvalue weighted by Gasteiger charge is -2.17. The molecule has 3 aromatic rings. The third-order valence-corrected chi connectivity index (χ3v) is 4.01. The molecule has 0 unspecified atom stereocenters. The van der Waals surface area contributed by atoms with E-state index >= 15 is 0 Å². The average molecular weight is 337 g/mol. The van der Waals surface area contributed by atoms with Gasteiger partial charge in [0.1, 0.15) is 11.1 Å². The van der Waals surface area contributed by atoms with Crippen molar-refractivity contribution < 1.29 is 4.42 Å². The number of hydrogen-bond donors (Lipinski definition) is 0. The van der Waals surface area contributed by atoms with Crippen LogP contribution >= 0.6 is 12.4 Å². The Morgan fingerprint density at radius 1 is 1.22 bits per heavy atom. The van der Waals surface area contributed by atoms with Gasteiger partial charge in [-0.05, 0) is 38.2 Å². The quantitative estimate of drug-likeness (QED) is 0.647. The van der Waals surface area contributed by atoms with Crippen molar-refractivity contribution in [2.45, 2.75) is 26.8 Å². The maximum Gasteiger partial charge on any atom is 0.366 e. The van der Waals surface area contributed by atoms with E-state index < -0.39 is 5.63 Å². The lowest BCUT2D eigenvalue weighted by Crippen LogP contribution is -2.25. The van der Waals surface area contributed by atoms with E-state index in [1.165, 1.54) is 0 Å². The lowest BCUT2D eigenvalue weighted by atomic mass is 10.2. The molecule has 0 N–H and O–H groups in total. The first-order chi connectivity index (χ1) is 10.7. The maximum atomic E-state index is 12.0. The number of aryl methyl sites for hydroxylation is 1. The Morgan fingerprint density at radius 3 is 2.70 bits per heavy atom. The third-order valence-electron chi connectivity index (χ3n) is 4.01. The smallest absolute Gasteiger partial charge is 0.366 e. The molecule has 7 heteroatoms. The van der Waals surface area contributed by atoms with Gasteiger partial charge in [0, 0.05) is 11.9 Å². The van der Waals surface area contributed by atoms with Crippen LogP contribution < -0.4 is 5.63 Å². The summed E-state index contributed by atoms with van der Waals surface area (Å²) in [6, 6.07) is 7.51. The first-order valence-corrected chi connectivity index (χ1v) is 7.72. The average Bonchev–Trinajstić information content (AvgIpc) is 2.97. The van der Waals surface area contributed by atoms with E-state index in [1.54, 1.807) is 6.07 Å². The van der Waals surface area contributed by atoms with Gasteiger partial charge in [0.2, 0.25) is 0 Å². The fraction of sp³-hybridized carbons (Fsp3) is 0.438. The summed E-state index contributed by atoms with van der Waals surface area (Å²) in [6.45, 7) is 8.15. The molecule has 0 fully saturated rings. The van der Waals surface area contributed by atoms with Crippen molar-refractivity contribution in [1.29, 1.82) is 0 Å². The van der Waals surface area contributed by atoms with E-state index in [4.69, 9.17) is 4.42 Å². The van der Waals surface area contributed by atoms with Crippen molar-refractivity contribution in [2.75, 3.05) is 19.6 Å². The highest BCUT2D eigenvalue weighted by Crippen LogP contribution is 2.21. The second-order valence-electron chi connectivity index (χ2n) is 5.28. The van der Waals surface area contributed by atoms with Gasteiger partial charge in [-0.1, -0.05) is 31.2 Å². The Bertz CT molecular complexity index is 839. The first kappa shape index (κ1) is 17.4. The minimum Gasteiger partial charge on any atom is -0.421 e. The summed E-state index contributed by atoms with van der Waals surface area (Å²) in [6.07, 6.45) is 0.967. The molecule has 124 valence electrons. The molecule has 0 aliphatic carbocycles. The van der Waals surface area contributed by atoms with Crippen LogP contribution in [0, 0.1) is 0 Å². The summed E-state index contributed by atoms with van der Waals surface area (Å²) in [7, 11) is 0. The van der Waals surface area contributed by atoms with Gasteiger partial charge >= 0.3 is 5.63 Å². The van der Waals surface area contributed by atoms with Gasteiger partial charge in [0.15, 0.2) is 5.52 Å². The summed E-state index contributed by atoms with van der Waals surface area (Å²) < 4.78 is 7.10. The summed E-state index contributed by atoms with van der Waals surface area (Å²) in [5, 5.41) is 9.02. The van der Waals surface area contributed by atoms with E-state index in [1.807, 2.05) is 22.9 Å². The predicted octanol–water partition coefficient (Wildman–Crippen LogP) is 2.69. The first-order valence-electron chi connectivity index (χ1n) is 7.72. The van der Waals surface area contributed by atoms with Gasteiger partial charge in [-0.25, -0.2) is 9.48 Å². The van der Waals surface area contributed by atoms with Gasteiger partial charge in [0.25, 0.3) is 0 Å². The van der Waals surface area contributed by atoms with Gasteiger partial charge in [-0.2, -0.15) is 0 Å². The van der Waals surface area contributed by atoms with Crippen LogP contribution in [0.1, 0.15) is 20.3 Å². The minimum atomic E-state index is -0.427. The number of halogens is 1. The molecule has 0 saturated carbocycles. The fourth-order valence-electron chi connectivity index (χ4n) is 2.76. The Labute approximate surface area is 140 Å². The molecule has 1 aromatic carbocycles. The Kier molecular flexibility index (Phi) is 5.74. The molecule has 23 heavy (non-hydrogen) atoms. The summed E-state index contributed by atoms with van der Waals surface area (Å²) in [5.41, 5.74) is 1.23. The highest BCUT2D eigenvalue weighted by molar-refractivity contribution is 6.00. The van der Waals surface area contributed by atoms with Crippen LogP contribution in [0.25, 0.3) is 22.0 Å². The fourth-order valence-corrected chi connectivity index (χ4v) is 2.76. The van der Waals surface area contributed by atoms with Crippen molar-refractivity contribution in [3.8, 4) is 0 Å². The monoisotopic (exact) mass is 336 g/mol. The number of nitrogens with zero attached hydrogens (tertiary/aromatic N) is 4. The molecular weight excluding hydrogens is 316 g/mol. The number of benzene rings is 1. The van der Waals surface area contributed by atoms with E-state index in [0.29, 0.717) is 11.1 Å². The molecule has 0 radical (unpaired) electrons.